The SMILES string of the molecule is CCCCC/C=C\C/C=C\CCCCCCCCCCCC(=O)OCCCCCCCCCCCCCCCCCCCC(=O)NC(CO)C(O)CCCCCCCCCCCCCCCCC. The van der Waals surface area contributed by atoms with E-state index < -0.39 is 12.1 Å². The van der Waals surface area contributed by atoms with Crippen LogP contribution in [0.2, 0.25) is 0 Å². The van der Waals surface area contributed by atoms with Crippen LogP contribution < -0.4 is 5.32 Å². The summed E-state index contributed by atoms with van der Waals surface area (Å²) in [5, 5.41) is 23.3. The van der Waals surface area contributed by atoms with Crippen molar-refractivity contribution >= 4 is 11.9 Å². The Morgan fingerprint density at radius 2 is 0.735 bits per heavy atom. The molecule has 0 heterocycles. The lowest BCUT2D eigenvalue weighted by molar-refractivity contribution is -0.143. The van der Waals surface area contributed by atoms with Gasteiger partial charge in [-0.1, -0.05) is 289 Å². The van der Waals surface area contributed by atoms with E-state index >= 15 is 0 Å². The van der Waals surface area contributed by atoms with Crippen molar-refractivity contribution in [2.24, 2.45) is 0 Å². The topological polar surface area (TPSA) is 95.9 Å². The molecule has 0 aliphatic carbocycles. The summed E-state index contributed by atoms with van der Waals surface area (Å²) in [7, 11) is 0. The zero-order valence-corrected chi connectivity index (χ0v) is 45.9. The van der Waals surface area contributed by atoms with Gasteiger partial charge >= 0.3 is 5.97 Å². The number of allylic oxidation sites excluding steroid dienone is 4. The van der Waals surface area contributed by atoms with Crippen LogP contribution in [0.1, 0.15) is 335 Å². The molecule has 3 N–H and O–H groups in total. The van der Waals surface area contributed by atoms with Crippen LogP contribution in [0.5, 0.6) is 0 Å². The molecule has 0 aliphatic heterocycles. The quantitative estimate of drug-likeness (QED) is 0.0321. The van der Waals surface area contributed by atoms with E-state index in [1.165, 1.54) is 250 Å². The zero-order chi connectivity index (χ0) is 49.3. The number of rotatable bonds is 57. The van der Waals surface area contributed by atoms with Crippen molar-refractivity contribution in [1.82, 2.24) is 5.32 Å². The van der Waals surface area contributed by atoms with E-state index in [4.69, 9.17) is 4.74 Å². The molecule has 0 rings (SSSR count). The van der Waals surface area contributed by atoms with Crippen LogP contribution in [0.25, 0.3) is 0 Å². The molecule has 1 amide bonds. The molecule has 6 nitrogen and oxygen atoms in total. The number of carbonyl (C=O) groups is 2. The van der Waals surface area contributed by atoms with E-state index in [9.17, 15) is 19.8 Å². The third-order valence-electron chi connectivity index (χ3n) is 14.3. The van der Waals surface area contributed by atoms with Crippen LogP contribution in [0, 0.1) is 0 Å². The predicted octanol–water partition coefficient (Wildman–Crippen LogP) is 19.0. The highest BCUT2D eigenvalue weighted by atomic mass is 16.5. The number of ether oxygens (including phenoxy) is 1. The fourth-order valence-electron chi connectivity index (χ4n) is 9.55. The molecule has 0 aliphatic rings. The summed E-state index contributed by atoms with van der Waals surface area (Å²) in [6, 6.07) is -0.545. The molecule has 402 valence electrons. The van der Waals surface area contributed by atoms with E-state index in [-0.39, 0.29) is 18.5 Å². The first-order chi connectivity index (χ1) is 33.5. The van der Waals surface area contributed by atoms with Crippen LogP contribution in [0.4, 0.5) is 0 Å². The molecule has 6 heteroatoms. The number of hydrogen-bond acceptors (Lipinski definition) is 5. The first-order valence-corrected chi connectivity index (χ1v) is 30.6. The standard InChI is InChI=1S/C62H119NO5/c1-3-5-7-9-11-13-15-17-19-20-21-24-28-32-36-40-44-48-52-56-62(67)68-57-53-49-45-41-37-33-29-25-22-23-27-31-35-39-43-47-51-55-61(66)63-59(58-64)60(65)54-50-46-42-38-34-30-26-18-16-14-12-10-8-6-4-2/h11,13,17,19,59-60,64-65H,3-10,12,14-16,18,20-58H2,1-2H3,(H,63,66)/b13-11-,19-17-. The van der Waals surface area contributed by atoms with Gasteiger partial charge in [-0.05, 0) is 57.8 Å². The van der Waals surface area contributed by atoms with E-state index in [0.717, 1.165) is 51.4 Å². The second-order valence-corrected chi connectivity index (χ2v) is 21.0. The molecular weight excluding hydrogens is 839 g/mol. The minimum Gasteiger partial charge on any atom is -0.466 e. The summed E-state index contributed by atoms with van der Waals surface area (Å²) in [5.74, 6) is -0.0363. The van der Waals surface area contributed by atoms with Crippen LogP contribution in [0.15, 0.2) is 24.3 Å². The Morgan fingerprint density at radius 3 is 1.15 bits per heavy atom. The number of amides is 1. The lowest BCUT2D eigenvalue weighted by Crippen LogP contribution is -2.45. The van der Waals surface area contributed by atoms with Gasteiger partial charge in [-0.25, -0.2) is 0 Å². The van der Waals surface area contributed by atoms with E-state index in [1.807, 2.05) is 0 Å². The Balaban J connectivity index is 3.40. The number of aliphatic hydroxyl groups is 2. The summed E-state index contributed by atoms with van der Waals surface area (Å²) >= 11 is 0. The van der Waals surface area contributed by atoms with Crippen molar-refractivity contribution in [2.75, 3.05) is 13.2 Å². The maximum absolute atomic E-state index is 12.5. The molecule has 0 aromatic carbocycles. The number of unbranched alkanes of at least 4 members (excludes halogenated alkanes) is 42. The fraction of sp³-hybridized carbons (Fsp3) is 0.903. The summed E-state index contributed by atoms with van der Waals surface area (Å²) in [6.45, 7) is 4.93. The minimum atomic E-state index is -0.668. The van der Waals surface area contributed by atoms with Gasteiger partial charge in [0.15, 0.2) is 0 Å². The first kappa shape index (κ1) is 66.3. The molecule has 2 atom stereocenters. The van der Waals surface area contributed by atoms with Crippen LogP contribution in [-0.4, -0.2) is 47.4 Å². The van der Waals surface area contributed by atoms with Crippen LogP contribution in [0.3, 0.4) is 0 Å². The maximum Gasteiger partial charge on any atom is 0.305 e. The van der Waals surface area contributed by atoms with Gasteiger partial charge in [0.05, 0.1) is 25.4 Å². The molecule has 68 heavy (non-hydrogen) atoms. The van der Waals surface area contributed by atoms with Gasteiger partial charge in [-0.15, -0.1) is 0 Å². The number of esters is 1. The summed E-state index contributed by atoms with van der Waals surface area (Å²) in [5.41, 5.74) is 0. The van der Waals surface area contributed by atoms with Crippen LogP contribution in [-0.2, 0) is 14.3 Å². The Morgan fingerprint density at radius 1 is 0.412 bits per heavy atom. The number of carbonyl (C=O) groups excluding carboxylic acids is 2. The third-order valence-corrected chi connectivity index (χ3v) is 14.3. The van der Waals surface area contributed by atoms with Crippen molar-refractivity contribution in [1.29, 1.82) is 0 Å². The van der Waals surface area contributed by atoms with Gasteiger partial charge in [0.2, 0.25) is 5.91 Å². The second-order valence-electron chi connectivity index (χ2n) is 21.0. The average molecular weight is 959 g/mol. The largest absolute Gasteiger partial charge is 0.466 e. The van der Waals surface area contributed by atoms with E-state index in [1.54, 1.807) is 0 Å². The molecule has 0 aromatic heterocycles. The Hall–Kier alpha value is -1.66. The Kier molecular flexibility index (Phi) is 56.5. The van der Waals surface area contributed by atoms with Crippen molar-refractivity contribution in [3.8, 4) is 0 Å². The summed E-state index contributed by atoms with van der Waals surface area (Å²) < 4.78 is 5.49. The highest BCUT2D eigenvalue weighted by molar-refractivity contribution is 5.76. The molecule has 0 bridgehead atoms. The zero-order valence-electron chi connectivity index (χ0n) is 45.9. The average Bonchev–Trinajstić information content (AvgIpc) is 3.34. The second kappa shape index (κ2) is 57.9. The van der Waals surface area contributed by atoms with Crippen molar-refractivity contribution in [3.63, 3.8) is 0 Å². The molecular formula is C62H119NO5. The maximum atomic E-state index is 12.5. The monoisotopic (exact) mass is 958 g/mol. The van der Waals surface area contributed by atoms with Gasteiger partial charge in [-0.2, -0.15) is 0 Å². The fourth-order valence-corrected chi connectivity index (χ4v) is 9.55. The van der Waals surface area contributed by atoms with Gasteiger partial charge in [0.25, 0.3) is 0 Å². The highest BCUT2D eigenvalue weighted by Gasteiger charge is 2.20. The van der Waals surface area contributed by atoms with E-state index in [2.05, 4.69) is 43.5 Å². The highest BCUT2D eigenvalue weighted by Crippen LogP contribution is 2.18. The molecule has 0 fully saturated rings. The normalized spacial score (nSPS) is 12.7. The smallest absolute Gasteiger partial charge is 0.305 e. The summed E-state index contributed by atoms with van der Waals surface area (Å²) in [6.07, 6.45) is 70.3. The lowest BCUT2D eigenvalue weighted by Gasteiger charge is -2.22. The molecule has 0 saturated heterocycles. The molecule has 0 spiro atoms. The number of hydrogen-bond donors (Lipinski definition) is 3. The molecule has 0 radical (unpaired) electrons. The van der Waals surface area contributed by atoms with Crippen molar-refractivity contribution < 1.29 is 24.5 Å². The molecule has 2 unspecified atom stereocenters. The third kappa shape index (κ3) is 53.7. The van der Waals surface area contributed by atoms with Gasteiger partial charge in [0.1, 0.15) is 0 Å². The number of nitrogens with one attached hydrogen (secondary N) is 1. The predicted molar refractivity (Wildman–Crippen MR) is 296 cm³/mol. The van der Waals surface area contributed by atoms with Gasteiger partial charge < -0.3 is 20.3 Å². The first-order valence-electron chi connectivity index (χ1n) is 30.6. The minimum absolute atomic E-state index is 0.00216. The lowest BCUT2D eigenvalue weighted by atomic mass is 10.0. The van der Waals surface area contributed by atoms with Crippen LogP contribution >= 0.6 is 0 Å². The Labute approximate surface area is 424 Å². The molecule has 0 aromatic rings. The Bertz CT molecular complexity index is 1060. The number of aliphatic hydroxyl groups excluding tert-OH is 2. The van der Waals surface area contributed by atoms with E-state index in [0.29, 0.717) is 25.9 Å². The molecule has 0 saturated carbocycles. The van der Waals surface area contributed by atoms with Gasteiger partial charge in [-0.3, -0.25) is 9.59 Å². The van der Waals surface area contributed by atoms with Crippen molar-refractivity contribution in [3.05, 3.63) is 24.3 Å². The van der Waals surface area contributed by atoms with Crippen molar-refractivity contribution in [2.45, 2.75) is 347 Å². The summed E-state index contributed by atoms with van der Waals surface area (Å²) in [4.78, 5) is 24.6. The van der Waals surface area contributed by atoms with Gasteiger partial charge in [0, 0.05) is 12.8 Å².